The zero-order chi connectivity index (χ0) is 13.4. The molecule has 24 heavy (non-hydrogen) atoms. The fourth-order valence-corrected chi connectivity index (χ4v) is 5.96. The van der Waals surface area contributed by atoms with Crippen LogP contribution in [-0.4, -0.2) is 11.3 Å². The van der Waals surface area contributed by atoms with Crippen LogP contribution in [0.1, 0.15) is 32.1 Å². The van der Waals surface area contributed by atoms with E-state index in [-0.39, 0.29) is 12.3 Å². The van der Waals surface area contributed by atoms with Crippen LogP contribution in [0.25, 0.3) is 0 Å². The molecule has 118 valence electrons. The Labute approximate surface area is 111 Å². The third-order valence-electron chi connectivity index (χ3n) is 6.38. The largest absolute Gasteiger partial charge is 0.554 e. The van der Waals surface area contributed by atoms with E-state index in [0.717, 1.165) is 24.2 Å². The molecule has 0 radical (unpaired) electrons. The van der Waals surface area contributed by atoms with Crippen molar-refractivity contribution in [1.82, 2.24) is 0 Å². The molecule has 4 saturated carbocycles. The third-order valence-corrected chi connectivity index (χ3v) is 6.38. The van der Waals surface area contributed by atoms with Crippen LogP contribution < -0.4 is 0 Å². The molecule has 9 heteroatoms. The summed E-state index contributed by atoms with van der Waals surface area (Å²) in [6, 6.07) is 0. The van der Waals surface area contributed by atoms with Gasteiger partial charge in [-0.2, -0.15) is 18.3 Å². The van der Waals surface area contributed by atoms with Gasteiger partial charge in [0.05, 0.1) is 0 Å². The normalized spacial score (nSPS) is 40.6. The summed E-state index contributed by atoms with van der Waals surface area (Å²) in [6.07, 6.45) is 1.17. The average Bonchev–Trinajstić information content (AvgIpc) is 3.05. The summed E-state index contributed by atoms with van der Waals surface area (Å²) in [5, 5.41) is 9.22. The van der Waals surface area contributed by atoms with Crippen molar-refractivity contribution >= 4 is 0 Å². The Bertz CT molecular complexity index is 398. The monoisotopic (exact) mass is 1610 g/mol. The number of halogens is 3. The number of aliphatic hydroxyl groups excluding tert-OH is 1. The van der Waals surface area contributed by atoms with Crippen molar-refractivity contribution in [2.45, 2.75) is 38.3 Å². The van der Waals surface area contributed by atoms with Gasteiger partial charge in [-0.25, -0.2) is 13.2 Å². The molecule has 0 aliphatic heterocycles. The van der Waals surface area contributed by atoms with Gasteiger partial charge in [-0.15, -0.1) is 6.10 Å². The van der Waals surface area contributed by atoms with E-state index in [1.807, 2.05) is 0 Å². The van der Waals surface area contributed by atoms with Crippen LogP contribution in [0.5, 0.6) is 0 Å². The Hall–Kier alpha value is -5.25. The number of hydrogen-bond acceptors (Lipinski definition) is 1. The first-order chi connectivity index (χ1) is 8.95. The number of fused-ring (bicyclic) bond motifs is 9. The van der Waals surface area contributed by atoms with Crippen LogP contribution in [0, 0.1) is 54.0 Å². The Balaban J connectivity index is 0. The zero-order valence-electron chi connectivity index (χ0n) is 14.3. The second-order valence-corrected chi connectivity index (χ2v) is 7.06. The van der Waals surface area contributed by atoms with Crippen molar-refractivity contribution in [3.05, 3.63) is 12.5 Å². The summed E-state index contributed by atoms with van der Waals surface area (Å²) in [5.74, 6) is 3.97. The predicted molar refractivity (Wildman–Crippen MR) is 63.0 cm³/mol. The molecule has 0 spiro atoms. The quantitative estimate of drug-likeness (QED) is 0.329. The molecule has 0 saturated heterocycles. The zero-order valence-corrected chi connectivity index (χ0v) is 46.3. The maximum Gasteiger partial charge on any atom is 0.294 e. The molecule has 0 aromatic heterocycles. The fourth-order valence-electron chi connectivity index (χ4n) is 5.96. The van der Waals surface area contributed by atoms with Crippen LogP contribution in [0.4, 0.5) is 13.2 Å². The second-order valence-electron chi connectivity index (χ2n) is 7.06. The minimum absolute atomic E-state index is 0. The van der Waals surface area contributed by atoms with Gasteiger partial charge in [-0.05, 0) is 37.0 Å². The number of alkyl halides is 3. The Morgan fingerprint density at radius 1 is 0.917 bits per heavy atom. The molecule has 1 N–H and O–H groups in total. The Morgan fingerprint density at radius 3 is 2.00 bits per heavy atom. The van der Waals surface area contributed by atoms with Gasteiger partial charge in [-0.3, -0.25) is 0 Å². The average molecular weight is 1610 g/mol. The van der Waals surface area contributed by atoms with E-state index in [2.05, 4.69) is 6.42 Å². The molecule has 1 nitrogen and oxygen atoms in total. The van der Waals surface area contributed by atoms with Crippen molar-refractivity contribution in [2.75, 3.05) is 0 Å². The number of rotatable bonds is 2. The predicted octanol–water partition coefficient (Wildman–Crippen LogP) is 3.98. The second kappa shape index (κ2) is 5.27. The van der Waals surface area contributed by atoms with Gasteiger partial charge in [0.15, 0.2) is 0 Å². The molecule has 0 aromatic rings. The van der Waals surface area contributed by atoms with E-state index in [1.54, 1.807) is 0 Å². The first-order valence-corrected chi connectivity index (χ1v) is 7.42. The maximum absolute atomic E-state index is 12.5. The standard InChI is InChI=1S/C15H19F3O.5Rf/c16-15(17,18)12(19)6-9-4-10-5-11(9)14-8-2-1-7(3-8)13(10)14;;;;;/h4,7-11,13-14,19H,1-3,5-6H2;;;;;/q-2;;;;;. The van der Waals surface area contributed by atoms with Crippen molar-refractivity contribution in [3.63, 3.8) is 0 Å². The van der Waals surface area contributed by atoms with Gasteiger partial charge in [0.25, 0.3) is 6.18 Å². The number of hydrogen-bond donors (Lipinski definition) is 1. The first-order valence-electron chi connectivity index (χ1n) is 7.42. The summed E-state index contributed by atoms with van der Waals surface area (Å²) >= 11 is 0. The van der Waals surface area contributed by atoms with Crippen molar-refractivity contribution < 1.29 is 18.3 Å². The molecule has 4 fully saturated rings. The summed E-state index contributed by atoms with van der Waals surface area (Å²) < 4.78 is 37.4. The summed E-state index contributed by atoms with van der Waals surface area (Å²) in [6.45, 7) is 0. The van der Waals surface area contributed by atoms with Crippen molar-refractivity contribution in [1.29, 1.82) is 0 Å². The molecule has 0 amide bonds. The van der Waals surface area contributed by atoms with Gasteiger partial charge in [0, 0.05) is 0 Å². The molecular formula is C15H19F3ORf5-2. The van der Waals surface area contributed by atoms with Crippen LogP contribution in [0.3, 0.4) is 0 Å². The first kappa shape index (κ1) is 21.1. The van der Waals surface area contributed by atoms with E-state index < -0.39 is 12.3 Å². The molecule has 7 unspecified atom stereocenters. The Kier molecular flexibility index (Phi) is 4.62. The number of aliphatic hydroxyl groups is 1. The van der Waals surface area contributed by atoms with Crippen LogP contribution in [0.2, 0.25) is 0 Å². The van der Waals surface area contributed by atoms with Gasteiger partial charge in [-0.1, -0.05) is 18.3 Å². The van der Waals surface area contributed by atoms with Gasteiger partial charge < -0.3 is 11.5 Å². The Morgan fingerprint density at radius 2 is 1.46 bits per heavy atom. The van der Waals surface area contributed by atoms with E-state index in [4.69, 9.17) is 0 Å². The SMILES string of the molecule is O[C-](CC1[CH-]C2CC1C1C3CCC(C3)C21)C(F)(F)F.[Rf].[Rf].[Rf].[Rf].[Rf]. The minimum Gasteiger partial charge on any atom is -0.554 e. The summed E-state index contributed by atoms with van der Waals surface area (Å²) in [7, 11) is 0. The molecular weight excluding hydrogens is 1590 g/mol. The summed E-state index contributed by atoms with van der Waals surface area (Å²) in [5.41, 5.74) is 0. The topological polar surface area (TPSA) is 20.2 Å². The molecule has 4 bridgehead atoms. The van der Waals surface area contributed by atoms with Crippen LogP contribution >= 0.6 is 0 Å². The van der Waals surface area contributed by atoms with Crippen LogP contribution in [0.15, 0.2) is 0 Å². The molecule has 4 rings (SSSR count). The molecule has 7 atom stereocenters. The van der Waals surface area contributed by atoms with Crippen molar-refractivity contribution in [3.8, 4) is 0 Å². The molecule has 0 heterocycles. The summed E-state index contributed by atoms with van der Waals surface area (Å²) in [4.78, 5) is 0. The minimum atomic E-state index is -4.54. The van der Waals surface area contributed by atoms with E-state index in [0.29, 0.717) is 17.8 Å². The molecule has 0 aromatic carbocycles. The van der Waals surface area contributed by atoms with Gasteiger partial charge in [0.1, 0.15) is 0 Å². The molecule has 4 aliphatic carbocycles. The van der Waals surface area contributed by atoms with Gasteiger partial charge in [0.2, 0.25) is 0 Å². The van der Waals surface area contributed by atoms with E-state index >= 15 is 0 Å². The van der Waals surface area contributed by atoms with Crippen LogP contribution in [-0.2, 0) is 0 Å². The molecule has 4 aliphatic rings. The smallest absolute Gasteiger partial charge is 0.294 e. The third kappa shape index (κ3) is 1.99. The van der Waals surface area contributed by atoms with Crippen molar-refractivity contribution in [2.24, 2.45) is 41.4 Å². The van der Waals surface area contributed by atoms with E-state index in [1.165, 1.54) is 19.3 Å². The van der Waals surface area contributed by atoms with E-state index in [9.17, 15) is 18.3 Å². The fraction of sp³-hybridized carbons (Fsp3) is 0.867. The van der Waals surface area contributed by atoms with Gasteiger partial charge >= 0.3 is 0 Å². The maximum atomic E-state index is 12.5.